The van der Waals surface area contributed by atoms with Crippen molar-refractivity contribution >= 4 is 5.97 Å². The Morgan fingerprint density at radius 2 is 1.90 bits per heavy atom. The number of aliphatic hydroxyl groups is 2. The third kappa shape index (κ3) is 2.98. The average molecular weight is 411 g/mol. The zero-order chi connectivity index (χ0) is 20.9. The van der Waals surface area contributed by atoms with Gasteiger partial charge in [0, 0.05) is 10.8 Å². The van der Waals surface area contributed by atoms with E-state index in [9.17, 15) is 15.0 Å². The molecule has 0 saturated heterocycles. The summed E-state index contributed by atoms with van der Waals surface area (Å²) in [5.74, 6) is 1.34. The van der Waals surface area contributed by atoms with Crippen LogP contribution in [0.3, 0.4) is 0 Å². The number of hydrogen-bond acceptors (Lipinski definition) is 4. The molecular formula is C26H34O4. The number of fused-ring (bicyclic) bond motifs is 5. The molecule has 5 rings (SSSR count). The molecule has 3 saturated carbocycles. The van der Waals surface area contributed by atoms with Crippen molar-refractivity contribution < 1.29 is 19.7 Å². The van der Waals surface area contributed by atoms with E-state index in [0.29, 0.717) is 23.3 Å². The van der Waals surface area contributed by atoms with E-state index in [0.717, 1.165) is 51.4 Å². The highest BCUT2D eigenvalue weighted by atomic mass is 16.5. The summed E-state index contributed by atoms with van der Waals surface area (Å²) in [5.41, 5.74) is 1.81. The van der Waals surface area contributed by atoms with Crippen LogP contribution in [0, 0.1) is 28.6 Å². The quantitative estimate of drug-likeness (QED) is 0.568. The summed E-state index contributed by atoms with van der Waals surface area (Å²) in [4.78, 5) is 12.7. The number of carbonyl (C=O) groups excluding carboxylic acids is 1. The van der Waals surface area contributed by atoms with Gasteiger partial charge in [-0.2, -0.15) is 0 Å². The fourth-order valence-electron chi connectivity index (χ4n) is 7.65. The van der Waals surface area contributed by atoms with E-state index >= 15 is 0 Å². The summed E-state index contributed by atoms with van der Waals surface area (Å²) in [7, 11) is 0. The van der Waals surface area contributed by atoms with Crippen LogP contribution in [0.4, 0.5) is 0 Å². The standard InChI is InChI=1S/C26H34O4/c1-25-13-12-22-20(8-7-18-15-19(28)11-14-26(18,22)16-27)21(25)9-10-23(25)30-24(29)17-5-3-2-4-6-17/h2-7,19-23,27-28H,8-16H2,1H3/t19-,20+,21+,22+,23+,25+,26-/m1/s1. The highest BCUT2D eigenvalue weighted by molar-refractivity contribution is 5.89. The fraction of sp³-hybridized carbons (Fsp3) is 0.654. The highest BCUT2D eigenvalue weighted by Crippen LogP contribution is 2.65. The maximum absolute atomic E-state index is 12.7. The first-order chi connectivity index (χ1) is 14.5. The molecule has 0 unspecified atom stereocenters. The molecule has 7 atom stereocenters. The summed E-state index contributed by atoms with van der Waals surface area (Å²) in [5, 5.41) is 20.7. The number of hydrogen-bond donors (Lipinski definition) is 2. The Morgan fingerprint density at radius 1 is 1.10 bits per heavy atom. The monoisotopic (exact) mass is 410 g/mol. The van der Waals surface area contributed by atoms with Crippen LogP contribution in [0.25, 0.3) is 0 Å². The van der Waals surface area contributed by atoms with Gasteiger partial charge in [-0.15, -0.1) is 0 Å². The number of allylic oxidation sites excluding steroid dienone is 1. The number of aliphatic hydroxyl groups excluding tert-OH is 2. The molecular weight excluding hydrogens is 376 g/mol. The minimum Gasteiger partial charge on any atom is -0.458 e. The summed E-state index contributed by atoms with van der Waals surface area (Å²) < 4.78 is 6.08. The van der Waals surface area contributed by atoms with E-state index in [1.54, 1.807) is 0 Å². The van der Waals surface area contributed by atoms with Crippen molar-refractivity contribution in [2.45, 2.75) is 70.5 Å². The Labute approximate surface area is 179 Å². The van der Waals surface area contributed by atoms with E-state index in [4.69, 9.17) is 4.74 Å². The predicted octanol–water partition coefficient (Wildman–Crippen LogP) is 4.51. The first-order valence-corrected chi connectivity index (χ1v) is 11.7. The molecule has 1 aromatic carbocycles. The minimum atomic E-state index is -0.255. The van der Waals surface area contributed by atoms with Crippen LogP contribution in [-0.2, 0) is 4.74 Å². The Kier molecular flexibility index (Phi) is 5.06. The van der Waals surface area contributed by atoms with Crippen molar-refractivity contribution in [3.05, 3.63) is 47.5 Å². The fourth-order valence-corrected chi connectivity index (χ4v) is 7.65. The lowest BCUT2D eigenvalue weighted by molar-refractivity contribution is -0.0927. The molecule has 1 aromatic rings. The number of esters is 1. The molecule has 0 aliphatic heterocycles. The molecule has 4 aliphatic rings. The zero-order valence-corrected chi connectivity index (χ0v) is 17.9. The van der Waals surface area contributed by atoms with E-state index in [2.05, 4.69) is 13.0 Å². The van der Waals surface area contributed by atoms with Gasteiger partial charge >= 0.3 is 5.97 Å². The number of ether oxygens (including phenoxy) is 1. The van der Waals surface area contributed by atoms with Gasteiger partial charge in [0.05, 0.1) is 18.3 Å². The lowest BCUT2D eigenvalue weighted by atomic mass is 9.47. The van der Waals surface area contributed by atoms with Gasteiger partial charge in [0.1, 0.15) is 6.10 Å². The van der Waals surface area contributed by atoms with Gasteiger partial charge in [-0.1, -0.05) is 36.8 Å². The zero-order valence-electron chi connectivity index (χ0n) is 17.9. The second-order valence-corrected chi connectivity index (χ2v) is 10.4. The van der Waals surface area contributed by atoms with E-state index in [1.807, 2.05) is 30.3 Å². The van der Waals surface area contributed by atoms with E-state index in [1.165, 1.54) is 5.57 Å². The molecule has 0 spiro atoms. The largest absolute Gasteiger partial charge is 0.458 e. The number of rotatable bonds is 3. The van der Waals surface area contributed by atoms with Gasteiger partial charge in [-0.3, -0.25) is 0 Å². The van der Waals surface area contributed by atoms with Gasteiger partial charge in [-0.05, 0) is 81.3 Å². The second-order valence-electron chi connectivity index (χ2n) is 10.4. The lowest BCUT2D eigenvalue weighted by Gasteiger charge is -2.58. The molecule has 4 heteroatoms. The Balaban J connectivity index is 1.38. The average Bonchev–Trinajstić information content (AvgIpc) is 3.10. The maximum atomic E-state index is 12.7. The van der Waals surface area contributed by atoms with Gasteiger partial charge in [0.2, 0.25) is 0 Å². The van der Waals surface area contributed by atoms with Crippen molar-refractivity contribution in [3.8, 4) is 0 Å². The third-order valence-electron chi connectivity index (χ3n) is 9.26. The molecule has 0 bridgehead atoms. The number of carbonyl (C=O) groups is 1. The molecule has 30 heavy (non-hydrogen) atoms. The topological polar surface area (TPSA) is 66.8 Å². The summed E-state index contributed by atoms with van der Waals surface area (Å²) >= 11 is 0. The SMILES string of the molecule is C[C@]12CC[C@H]3[C@@H](CC=C4C[C@H](O)CC[C@@]43CO)[C@@H]1CC[C@@H]2OC(=O)c1ccccc1. The minimum absolute atomic E-state index is 0.0157. The smallest absolute Gasteiger partial charge is 0.338 e. The van der Waals surface area contributed by atoms with Crippen molar-refractivity contribution in [3.63, 3.8) is 0 Å². The van der Waals surface area contributed by atoms with Crippen LogP contribution >= 0.6 is 0 Å². The molecule has 0 amide bonds. The molecule has 2 N–H and O–H groups in total. The lowest BCUT2D eigenvalue weighted by Crippen LogP contribution is -2.53. The van der Waals surface area contributed by atoms with Crippen molar-refractivity contribution in [2.75, 3.05) is 6.61 Å². The molecule has 4 aliphatic carbocycles. The van der Waals surface area contributed by atoms with Crippen LogP contribution in [0.1, 0.15) is 68.6 Å². The highest BCUT2D eigenvalue weighted by Gasteiger charge is 2.60. The van der Waals surface area contributed by atoms with Crippen LogP contribution in [0.15, 0.2) is 42.0 Å². The third-order valence-corrected chi connectivity index (χ3v) is 9.26. The van der Waals surface area contributed by atoms with Crippen LogP contribution < -0.4 is 0 Å². The van der Waals surface area contributed by atoms with Crippen molar-refractivity contribution in [1.82, 2.24) is 0 Å². The predicted molar refractivity (Wildman–Crippen MR) is 115 cm³/mol. The molecule has 0 aromatic heterocycles. The first-order valence-electron chi connectivity index (χ1n) is 11.7. The van der Waals surface area contributed by atoms with Gasteiger partial charge in [-0.25, -0.2) is 4.79 Å². The Morgan fingerprint density at radius 3 is 2.67 bits per heavy atom. The first kappa shape index (κ1) is 20.3. The van der Waals surface area contributed by atoms with Crippen LogP contribution in [-0.4, -0.2) is 35.0 Å². The van der Waals surface area contributed by atoms with Gasteiger partial charge < -0.3 is 14.9 Å². The Bertz CT molecular complexity index is 833. The number of benzene rings is 1. The summed E-state index contributed by atoms with van der Waals surface area (Å²) in [6.07, 6.45) is 9.66. The second kappa shape index (κ2) is 7.49. The molecule has 162 valence electrons. The molecule has 4 nitrogen and oxygen atoms in total. The van der Waals surface area contributed by atoms with Crippen LogP contribution in [0.2, 0.25) is 0 Å². The van der Waals surface area contributed by atoms with Crippen molar-refractivity contribution in [2.24, 2.45) is 28.6 Å². The normalized spacial score (nSPS) is 42.5. The van der Waals surface area contributed by atoms with E-state index < -0.39 is 0 Å². The summed E-state index contributed by atoms with van der Waals surface area (Å²) in [6, 6.07) is 9.32. The summed E-state index contributed by atoms with van der Waals surface area (Å²) in [6.45, 7) is 2.53. The van der Waals surface area contributed by atoms with E-state index in [-0.39, 0.29) is 35.6 Å². The Hall–Kier alpha value is -1.65. The van der Waals surface area contributed by atoms with Crippen molar-refractivity contribution in [1.29, 1.82) is 0 Å². The van der Waals surface area contributed by atoms with Crippen LogP contribution in [0.5, 0.6) is 0 Å². The molecule has 0 heterocycles. The van der Waals surface area contributed by atoms with Gasteiger partial charge in [0.15, 0.2) is 0 Å². The molecule has 0 radical (unpaired) electrons. The maximum Gasteiger partial charge on any atom is 0.338 e. The molecule has 3 fully saturated rings. The van der Waals surface area contributed by atoms with Gasteiger partial charge in [0.25, 0.3) is 0 Å².